The fourth-order valence-corrected chi connectivity index (χ4v) is 11.9. The van der Waals surface area contributed by atoms with E-state index in [-0.39, 0.29) is 33.5 Å². The predicted octanol–water partition coefficient (Wildman–Crippen LogP) is 18.4. The number of benzene rings is 7. The Bertz CT molecular complexity index is 3120. The highest BCUT2D eigenvalue weighted by Crippen LogP contribution is 2.67. The molecule has 2 aliphatic carbocycles. The van der Waals surface area contributed by atoms with E-state index in [0.29, 0.717) is 5.92 Å². The van der Waals surface area contributed by atoms with Crippen molar-refractivity contribution in [2.45, 2.75) is 98.3 Å². The summed E-state index contributed by atoms with van der Waals surface area (Å²) in [6.45, 7) is 25.6. The normalized spacial score (nSPS) is 19.0. The highest BCUT2D eigenvalue weighted by atomic mass is 15.2. The number of nitrogens with zero attached hydrogens (tertiary/aromatic N) is 3. The molecule has 0 amide bonds. The molecule has 7 aromatic rings. The maximum absolute atomic E-state index is 2.66. The molecule has 0 saturated carbocycles. The van der Waals surface area contributed by atoms with Gasteiger partial charge in [0.1, 0.15) is 0 Å². The minimum absolute atomic E-state index is 0.0490. The Labute approximate surface area is 412 Å². The first-order valence-electron chi connectivity index (χ1n) is 25.1. The molecule has 0 saturated heterocycles. The third kappa shape index (κ3) is 7.48. The van der Waals surface area contributed by atoms with Gasteiger partial charge < -0.3 is 14.7 Å². The summed E-state index contributed by atoms with van der Waals surface area (Å²) in [5.74, 6) is 0.616. The third-order valence-electron chi connectivity index (χ3n) is 15.6. The van der Waals surface area contributed by atoms with Gasteiger partial charge in [-0.2, -0.15) is 0 Å². The summed E-state index contributed by atoms with van der Waals surface area (Å²) in [5.41, 5.74) is 21.6. The molecule has 11 rings (SSSR count). The van der Waals surface area contributed by atoms with E-state index in [1.165, 1.54) is 73.0 Å². The van der Waals surface area contributed by atoms with Crippen LogP contribution in [0.25, 0.3) is 11.1 Å². The van der Waals surface area contributed by atoms with Crippen LogP contribution < -0.4 is 14.7 Å². The lowest BCUT2D eigenvalue weighted by molar-refractivity contribution is 0.312. The number of hydrogen-bond acceptors (Lipinski definition) is 3. The van der Waals surface area contributed by atoms with Crippen LogP contribution in [0.2, 0.25) is 0 Å². The molecule has 3 unspecified atom stereocenters. The van der Waals surface area contributed by atoms with Gasteiger partial charge in [-0.1, -0.05) is 191 Å². The Hall–Kier alpha value is -6.84. The van der Waals surface area contributed by atoms with Gasteiger partial charge in [-0.3, -0.25) is 0 Å². The molecule has 0 bridgehead atoms. The number of para-hydroxylation sites is 1. The van der Waals surface area contributed by atoms with Gasteiger partial charge in [0.25, 0.3) is 0 Å². The van der Waals surface area contributed by atoms with Gasteiger partial charge in [-0.25, -0.2) is 0 Å². The number of anilines is 8. The first-order valence-corrected chi connectivity index (χ1v) is 25.1. The molecule has 2 heterocycles. The summed E-state index contributed by atoms with van der Waals surface area (Å²) in [6, 6.07) is 62.4. The summed E-state index contributed by atoms with van der Waals surface area (Å²) < 4.78 is 0. The van der Waals surface area contributed by atoms with Crippen molar-refractivity contribution in [2.75, 3.05) is 14.7 Å². The van der Waals surface area contributed by atoms with Crippen LogP contribution in [0.3, 0.4) is 0 Å². The maximum atomic E-state index is 2.66. The van der Waals surface area contributed by atoms with Gasteiger partial charge in [0.2, 0.25) is 0 Å². The van der Waals surface area contributed by atoms with E-state index >= 15 is 0 Å². The molecule has 3 heteroatoms. The van der Waals surface area contributed by atoms with Crippen LogP contribution in [0.15, 0.2) is 199 Å². The topological polar surface area (TPSA) is 9.72 Å². The van der Waals surface area contributed by atoms with Crippen LogP contribution in [-0.2, 0) is 16.2 Å². The van der Waals surface area contributed by atoms with E-state index in [4.69, 9.17) is 0 Å². The Kier molecular flexibility index (Phi) is 10.4. The number of rotatable bonds is 6. The summed E-state index contributed by atoms with van der Waals surface area (Å²) in [4.78, 5) is 7.65. The molecule has 2 aliphatic heterocycles. The maximum Gasteiger partial charge on any atom is 0.0524 e. The van der Waals surface area contributed by atoms with E-state index < -0.39 is 0 Å². The molecule has 69 heavy (non-hydrogen) atoms. The second kappa shape index (κ2) is 16.1. The van der Waals surface area contributed by atoms with Crippen molar-refractivity contribution >= 4 is 45.5 Å². The second-order valence-electron chi connectivity index (χ2n) is 23.5. The fourth-order valence-electron chi connectivity index (χ4n) is 11.9. The van der Waals surface area contributed by atoms with E-state index in [9.17, 15) is 0 Å². The predicted molar refractivity (Wildman–Crippen MR) is 294 cm³/mol. The van der Waals surface area contributed by atoms with Crippen molar-refractivity contribution in [1.29, 1.82) is 0 Å². The molecule has 3 atom stereocenters. The first-order chi connectivity index (χ1) is 32.9. The van der Waals surface area contributed by atoms with E-state index in [0.717, 1.165) is 22.7 Å². The largest absolute Gasteiger partial charge is 0.313 e. The lowest BCUT2D eigenvalue weighted by Gasteiger charge is -2.47. The summed E-state index contributed by atoms with van der Waals surface area (Å²) in [5, 5.41) is 0. The molecule has 0 spiro atoms. The third-order valence-corrected chi connectivity index (χ3v) is 15.6. The standard InChI is InChI=1S/C66H67N3/c1-63(2,3)45-29-27-43(28-30-45)44-19-17-22-51(41-44)69-57-26-18-25-56-61(57)59(60-53-23-15-16-24-55(53)66(10,11)62(60)69)54-40-39-52(42-58(54)68(56)48-20-13-12-14-21-48)67(49-35-31-46(32-36-49)64(4,5)6)50-37-33-47(34-38-50)65(7,8)9/h12-42,53,55,59H,1-11H3. The highest BCUT2D eigenvalue weighted by Gasteiger charge is 2.55. The van der Waals surface area contributed by atoms with Crippen molar-refractivity contribution in [3.63, 3.8) is 0 Å². The second-order valence-corrected chi connectivity index (χ2v) is 23.5. The molecule has 4 aliphatic rings. The van der Waals surface area contributed by atoms with E-state index in [2.05, 4.69) is 279 Å². The van der Waals surface area contributed by atoms with Gasteiger partial charge in [0.05, 0.1) is 17.1 Å². The minimum atomic E-state index is -0.161. The van der Waals surface area contributed by atoms with Gasteiger partial charge in [0, 0.05) is 56.9 Å². The van der Waals surface area contributed by atoms with Crippen molar-refractivity contribution in [3.05, 3.63) is 227 Å². The molecule has 0 N–H and O–H groups in total. The smallest absolute Gasteiger partial charge is 0.0524 e. The van der Waals surface area contributed by atoms with E-state index in [1.54, 1.807) is 0 Å². The monoisotopic (exact) mass is 902 g/mol. The zero-order chi connectivity index (χ0) is 48.2. The number of allylic oxidation sites excluding steroid dienone is 6. The molecule has 0 fully saturated rings. The summed E-state index contributed by atoms with van der Waals surface area (Å²) in [7, 11) is 0. The van der Waals surface area contributed by atoms with Crippen LogP contribution in [0.1, 0.15) is 110 Å². The molecular formula is C66H67N3. The summed E-state index contributed by atoms with van der Waals surface area (Å²) in [6.07, 6.45) is 9.55. The zero-order valence-corrected chi connectivity index (χ0v) is 42.5. The molecular weight excluding hydrogens is 835 g/mol. The Morgan fingerprint density at radius 1 is 0.449 bits per heavy atom. The fraction of sp³-hybridized carbons (Fsp3) is 0.273. The molecule has 7 aromatic carbocycles. The Balaban J connectivity index is 1.14. The van der Waals surface area contributed by atoms with Crippen LogP contribution >= 0.6 is 0 Å². The van der Waals surface area contributed by atoms with Crippen LogP contribution in [0.4, 0.5) is 45.5 Å². The average Bonchev–Trinajstić information content (AvgIpc) is 3.57. The Morgan fingerprint density at radius 3 is 1.57 bits per heavy atom. The number of hydrogen-bond donors (Lipinski definition) is 0. The van der Waals surface area contributed by atoms with Crippen LogP contribution in [0, 0.1) is 17.3 Å². The summed E-state index contributed by atoms with van der Waals surface area (Å²) >= 11 is 0. The van der Waals surface area contributed by atoms with Gasteiger partial charge in [0.15, 0.2) is 0 Å². The van der Waals surface area contributed by atoms with Crippen molar-refractivity contribution in [3.8, 4) is 11.1 Å². The first kappa shape index (κ1) is 44.7. The molecule has 0 aromatic heterocycles. The van der Waals surface area contributed by atoms with Crippen LogP contribution in [0.5, 0.6) is 0 Å². The Morgan fingerprint density at radius 2 is 0.971 bits per heavy atom. The lowest BCUT2D eigenvalue weighted by atomic mass is 9.71. The minimum Gasteiger partial charge on any atom is -0.313 e. The zero-order valence-electron chi connectivity index (χ0n) is 42.5. The quantitative estimate of drug-likeness (QED) is 0.165. The van der Waals surface area contributed by atoms with E-state index in [1.807, 2.05) is 0 Å². The van der Waals surface area contributed by atoms with Crippen molar-refractivity contribution < 1.29 is 0 Å². The molecule has 346 valence electrons. The average molecular weight is 902 g/mol. The van der Waals surface area contributed by atoms with Crippen molar-refractivity contribution in [1.82, 2.24) is 0 Å². The van der Waals surface area contributed by atoms with Crippen molar-refractivity contribution in [2.24, 2.45) is 17.3 Å². The SMILES string of the molecule is CC(C)(C)c1ccc(-c2cccc(N3C4=C(C5c6ccc(N(c7ccc(C(C)(C)C)cc7)c7ccc(C(C)(C)C)cc7)cc6N(c6ccccc6)c6cccc3c65)C3C=CC=CC3C4(C)C)c2)cc1. The number of fused-ring (bicyclic) bond motifs is 5. The lowest BCUT2D eigenvalue weighted by Crippen LogP contribution is -2.35. The highest BCUT2D eigenvalue weighted by molar-refractivity contribution is 5.95. The van der Waals surface area contributed by atoms with Gasteiger partial charge in [-0.05, 0) is 134 Å². The molecule has 0 radical (unpaired) electrons. The molecule has 3 nitrogen and oxygen atoms in total. The van der Waals surface area contributed by atoms with Crippen LogP contribution in [-0.4, -0.2) is 0 Å². The van der Waals surface area contributed by atoms with Gasteiger partial charge >= 0.3 is 0 Å². The van der Waals surface area contributed by atoms with Gasteiger partial charge in [-0.15, -0.1) is 0 Å².